The van der Waals surface area contributed by atoms with Gasteiger partial charge in [-0.05, 0) is 62.1 Å². The van der Waals surface area contributed by atoms with E-state index in [1.54, 1.807) is 0 Å². The highest BCUT2D eigenvalue weighted by atomic mass is 16.6. The number of ether oxygens (including phenoxy) is 2. The number of carbonyl (C=O) groups is 2. The van der Waals surface area contributed by atoms with E-state index in [1.165, 1.54) is 25.7 Å². The highest BCUT2D eigenvalue weighted by molar-refractivity contribution is 5.96. The maximum atomic E-state index is 12.1. The van der Waals surface area contributed by atoms with Gasteiger partial charge in [-0.1, -0.05) is 25.8 Å². The topological polar surface area (TPSA) is 77.8 Å². The van der Waals surface area contributed by atoms with E-state index in [-0.39, 0.29) is 6.61 Å². The van der Waals surface area contributed by atoms with E-state index in [0.717, 1.165) is 48.0 Å². The van der Waals surface area contributed by atoms with Crippen molar-refractivity contribution in [2.24, 2.45) is 5.92 Å². The minimum Gasteiger partial charge on any atom is -0.481 e. The van der Waals surface area contributed by atoms with E-state index in [2.05, 4.69) is 10.6 Å². The average molecular weight is 414 g/mol. The van der Waals surface area contributed by atoms with Gasteiger partial charge >= 0.3 is 11.9 Å². The molecule has 1 aromatic carbocycles. The Hall–Kier alpha value is -2.50. The van der Waals surface area contributed by atoms with Crippen molar-refractivity contribution in [2.45, 2.75) is 70.8 Å². The van der Waals surface area contributed by atoms with Crippen LogP contribution in [0, 0.1) is 5.92 Å². The number of carboxylic acids is 1. The molecule has 2 aliphatic carbocycles. The lowest BCUT2D eigenvalue weighted by atomic mass is 9.85. The molecular weight excluding hydrogens is 382 g/mol. The molecule has 2 aromatic rings. The third-order valence-electron chi connectivity index (χ3n) is 6.48. The van der Waals surface area contributed by atoms with Gasteiger partial charge in [-0.3, -0.25) is 4.79 Å². The SMILES string of the molecule is CCCOC(=O)COc1cccc2c1c1c(n2CC2CCCC2)CCCC1C(=O)O. The van der Waals surface area contributed by atoms with Crippen molar-refractivity contribution >= 4 is 22.8 Å². The van der Waals surface area contributed by atoms with Crippen molar-refractivity contribution in [1.82, 2.24) is 4.57 Å². The van der Waals surface area contributed by atoms with Crippen LogP contribution in [-0.2, 0) is 27.3 Å². The molecule has 6 nitrogen and oxygen atoms in total. The van der Waals surface area contributed by atoms with Gasteiger partial charge in [0.25, 0.3) is 0 Å². The summed E-state index contributed by atoms with van der Waals surface area (Å²) >= 11 is 0. The molecule has 0 aliphatic heterocycles. The van der Waals surface area contributed by atoms with Crippen molar-refractivity contribution in [3.8, 4) is 5.75 Å². The fourth-order valence-electron chi connectivity index (χ4n) is 5.13. The van der Waals surface area contributed by atoms with Gasteiger partial charge in [0.2, 0.25) is 0 Å². The molecule has 1 atom stereocenters. The molecule has 0 spiro atoms. The van der Waals surface area contributed by atoms with E-state index < -0.39 is 17.9 Å². The molecule has 30 heavy (non-hydrogen) atoms. The summed E-state index contributed by atoms with van der Waals surface area (Å²) in [6.07, 6.45) is 8.18. The molecule has 1 fully saturated rings. The van der Waals surface area contributed by atoms with Crippen LogP contribution in [-0.4, -0.2) is 34.8 Å². The van der Waals surface area contributed by atoms with Crippen LogP contribution < -0.4 is 4.74 Å². The minimum atomic E-state index is -0.784. The number of aromatic nitrogens is 1. The molecule has 0 radical (unpaired) electrons. The Labute approximate surface area is 177 Å². The second-order valence-corrected chi connectivity index (χ2v) is 8.56. The van der Waals surface area contributed by atoms with Crippen LogP contribution in [0.1, 0.15) is 69.0 Å². The van der Waals surface area contributed by atoms with E-state index in [9.17, 15) is 14.7 Å². The largest absolute Gasteiger partial charge is 0.481 e. The maximum absolute atomic E-state index is 12.1. The first-order valence-electron chi connectivity index (χ1n) is 11.2. The van der Waals surface area contributed by atoms with Gasteiger partial charge in [0.1, 0.15) is 5.75 Å². The second-order valence-electron chi connectivity index (χ2n) is 8.56. The molecular formula is C24H31NO5. The van der Waals surface area contributed by atoms with Crippen LogP contribution >= 0.6 is 0 Å². The molecule has 0 saturated heterocycles. The fraction of sp³-hybridized carbons (Fsp3) is 0.583. The third-order valence-corrected chi connectivity index (χ3v) is 6.48. The summed E-state index contributed by atoms with van der Waals surface area (Å²) in [5.74, 6) is -0.493. The van der Waals surface area contributed by atoms with Gasteiger partial charge < -0.3 is 19.1 Å². The van der Waals surface area contributed by atoms with E-state index in [4.69, 9.17) is 9.47 Å². The van der Waals surface area contributed by atoms with Gasteiger partial charge in [-0.2, -0.15) is 0 Å². The van der Waals surface area contributed by atoms with Crippen LogP contribution in [0.25, 0.3) is 10.9 Å². The third kappa shape index (κ3) is 4.05. The molecule has 6 heteroatoms. The first kappa shape index (κ1) is 20.8. The van der Waals surface area contributed by atoms with Crippen LogP contribution in [0.2, 0.25) is 0 Å². The van der Waals surface area contributed by atoms with E-state index in [0.29, 0.717) is 24.7 Å². The quantitative estimate of drug-likeness (QED) is 0.637. The Morgan fingerprint density at radius 3 is 2.70 bits per heavy atom. The van der Waals surface area contributed by atoms with Crippen LogP contribution in [0.15, 0.2) is 18.2 Å². The van der Waals surface area contributed by atoms with Crippen molar-refractivity contribution < 1.29 is 24.2 Å². The minimum absolute atomic E-state index is 0.167. The predicted octanol–water partition coefficient (Wildman–Crippen LogP) is 4.67. The van der Waals surface area contributed by atoms with Gasteiger partial charge in [-0.25, -0.2) is 4.79 Å². The Morgan fingerprint density at radius 2 is 1.97 bits per heavy atom. The number of hydrogen-bond acceptors (Lipinski definition) is 4. The van der Waals surface area contributed by atoms with Gasteiger partial charge in [0, 0.05) is 17.6 Å². The first-order chi connectivity index (χ1) is 14.6. The Balaban J connectivity index is 1.75. The molecule has 1 heterocycles. The highest BCUT2D eigenvalue weighted by Crippen LogP contribution is 2.44. The lowest BCUT2D eigenvalue weighted by Crippen LogP contribution is -2.20. The Bertz CT molecular complexity index is 925. The number of rotatable bonds is 8. The van der Waals surface area contributed by atoms with Crippen molar-refractivity contribution in [1.29, 1.82) is 0 Å². The zero-order chi connectivity index (χ0) is 21.1. The molecule has 0 bridgehead atoms. The zero-order valence-corrected chi connectivity index (χ0v) is 17.7. The molecule has 1 N–H and O–H groups in total. The number of carbonyl (C=O) groups excluding carboxylic acids is 1. The number of nitrogens with zero attached hydrogens (tertiary/aromatic N) is 1. The molecule has 162 valence electrons. The second kappa shape index (κ2) is 9.11. The van der Waals surface area contributed by atoms with E-state index in [1.807, 2.05) is 19.1 Å². The summed E-state index contributed by atoms with van der Waals surface area (Å²) in [5, 5.41) is 10.8. The number of fused-ring (bicyclic) bond motifs is 3. The maximum Gasteiger partial charge on any atom is 0.344 e. The standard InChI is InChI=1S/C24H31NO5/c1-2-13-29-21(26)15-30-20-12-6-11-19-23(20)22-17(24(27)28)9-5-10-18(22)25(19)14-16-7-3-4-8-16/h6,11-12,16-17H,2-5,7-10,13-15H2,1H3,(H,27,28). The van der Waals surface area contributed by atoms with E-state index >= 15 is 0 Å². The lowest BCUT2D eigenvalue weighted by Gasteiger charge is -2.22. The van der Waals surface area contributed by atoms with Gasteiger partial charge in [0.15, 0.2) is 6.61 Å². The zero-order valence-electron chi connectivity index (χ0n) is 17.7. The monoisotopic (exact) mass is 413 g/mol. The van der Waals surface area contributed by atoms with Gasteiger partial charge in [0.05, 0.1) is 18.0 Å². The number of hydrogen-bond donors (Lipinski definition) is 1. The highest BCUT2D eigenvalue weighted by Gasteiger charge is 2.34. The summed E-state index contributed by atoms with van der Waals surface area (Å²) in [6.45, 7) is 3.08. The molecule has 2 aliphatic rings. The van der Waals surface area contributed by atoms with Crippen LogP contribution in [0.4, 0.5) is 0 Å². The summed E-state index contributed by atoms with van der Waals surface area (Å²) in [6, 6.07) is 5.83. The summed E-state index contributed by atoms with van der Waals surface area (Å²) in [4.78, 5) is 24.0. The Morgan fingerprint density at radius 1 is 1.17 bits per heavy atom. The summed E-state index contributed by atoms with van der Waals surface area (Å²) in [5.41, 5.74) is 3.05. The molecule has 1 unspecified atom stereocenters. The smallest absolute Gasteiger partial charge is 0.344 e. The summed E-state index contributed by atoms with van der Waals surface area (Å²) in [7, 11) is 0. The molecule has 1 saturated carbocycles. The number of benzene rings is 1. The molecule has 1 aromatic heterocycles. The first-order valence-corrected chi connectivity index (χ1v) is 11.2. The summed E-state index contributed by atoms with van der Waals surface area (Å²) < 4.78 is 13.3. The fourth-order valence-corrected chi connectivity index (χ4v) is 5.13. The van der Waals surface area contributed by atoms with Gasteiger partial charge in [-0.15, -0.1) is 0 Å². The molecule has 4 rings (SSSR count). The van der Waals surface area contributed by atoms with Crippen molar-refractivity contribution in [2.75, 3.05) is 13.2 Å². The number of carboxylic acid groups (broad SMARTS) is 1. The number of esters is 1. The van der Waals surface area contributed by atoms with Crippen molar-refractivity contribution in [3.63, 3.8) is 0 Å². The molecule has 0 amide bonds. The Kier molecular flexibility index (Phi) is 6.30. The lowest BCUT2D eigenvalue weighted by molar-refractivity contribution is -0.146. The van der Waals surface area contributed by atoms with Crippen molar-refractivity contribution in [3.05, 3.63) is 29.5 Å². The predicted molar refractivity (Wildman–Crippen MR) is 114 cm³/mol. The van der Waals surface area contributed by atoms with Crippen LogP contribution in [0.5, 0.6) is 5.75 Å². The normalized spacial score (nSPS) is 19.0. The van der Waals surface area contributed by atoms with Crippen LogP contribution in [0.3, 0.4) is 0 Å². The average Bonchev–Trinajstić information content (AvgIpc) is 3.37. The number of aliphatic carboxylic acids is 1.